The van der Waals surface area contributed by atoms with Crippen molar-refractivity contribution in [3.05, 3.63) is 60.3 Å². The molecule has 0 N–H and O–H groups in total. The quantitative estimate of drug-likeness (QED) is 0.564. The molecule has 25 heavy (non-hydrogen) atoms. The van der Waals surface area contributed by atoms with Gasteiger partial charge in [0, 0.05) is 30.2 Å². The lowest BCUT2D eigenvalue weighted by atomic mass is 10.0. The van der Waals surface area contributed by atoms with Gasteiger partial charge < -0.3 is 9.47 Å². The van der Waals surface area contributed by atoms with Crippen molar-refractivity contribution in [1.82, 2.24) is 19.4 Å². The average molecular weight is 330 g/mol. The molecule has 0 spiro atoms. The van der Waals surface area contributed by atoms with Crippen molar-refractivity contribution in [2.45, 2.75) is 13.5 Å². The lowest BCUT2D eigenvalue weighted by Crippen LogP contribution is -2.18. The van der Waals surface area contributed by atoms with Crippen molar-refractivity contribution in [2.75, 3.05) is 20.6 Å². The Morgan fingerprint density at radius 3 is 2.68 bits per heavy atom. The van der Waals surface area contributed by atoms with Gasteiger partial charge in [0.05, 0.1) is 16.6 Å². The Morgan fingerprint density at radius 2 is 1.84 bits per heavy atom. The number of rotatable bonds is 4. The Kier molecular flexibility index (Phi) is 3.98. The zero-order valence-corrected chi connectivity index (χ0v) is 14.9. The van der Waals surface area contributed by atoms with Crippen molar-refractivity contribution in [3.63, 3.8) is 0 Å². The molecule has 4 aromatic rings. The second kappa shape index (κ2) is 6.30. The number of fused-ring (bicyclic) bond motifs is 2. The van der Waals surface area contributed by atoms with Gasteiger partial charge in [-0.1, -0.05) is 24.3 Å². The third kappa shape index (κ3) is 2.79. The highest BCUT2D eigenvalue weighted by Crippen LogP contribution is 2.31. The predicted octanol–water partition coefficient (Wildman–Crippen LogP) is 4.12. The molecule has 4 rings (SSSR count). The fourth-order valence-corrected chi connectivity index (χ4v) is 3.30. The van der Waals surface area contributed by atoms with Gasteiger partial charge in [-0.3, -0.25) is 4.98 Å². The molecule has 0 saturated heterocycles. The SMILES string of the molecule is Cc1ccc(-c2nc3ccccc3n2CCN(C)C)c2ncccc12. The van der Waals surface area contributed by atoms with Crippen LogP contribution in [0.4, 0.5) is 0 Å². The van der Waals surface area contributed by atoms with Crippen LogP contribution in [-0.2, 0) is 6.54 Å². The average Bonchev–Trinajstić information content (AvgIpc) is 2.99. The molecule has 0 saturated carbocycles. The first kappa shape index (κ1) is 15.8. The highest BCUT2D eigenvalue weighted by molar-refractivity contribution is 5.95. The molecule has 4 heteroatoms. The lowest BCUT2D eigenvalue weighted by Gasteiger charge is -2.14. The number of hydrogen-bond donors (Lipinski definition) is 0. The van der Waals surface area contributed by atoms with Crippen LogP contribution in [0.25, 0.3) is 33.3 Å². The third-order valence-corrected chi connectivity index (χ3v) is 4.65. The second-order valence-electron chi connectivity index (χ2n) is 6.71. The summed E-state index contributed by atoms with van der Waals surface area (Å²) in [6, 6.07) is 16.8. The van der Waals surface area contributed by atoms with E-state index in [1.807, 2.05) is 18.3 Å². The zero-order valence-electron chi connectivity index (χ0n) is 14.9. The summed E-state index contributed by atoms with van der Waals surface area (Å²) in [5.74, 6) is 0.992. The summed E-state index contributed by atoms with van der Waals surface area (Å²) in [5.41, 5.74) is 5.55. The Hall–Kier alpha value is -2.72. The number of pyridine rings is 1. The van der Waals surface area contributed by atoms with Crippen molar-refractivity contribution in [1.29, 1.82) is 0 Å². The molecule has 0 atom stereocenters. The molecule has 0 aliphatic rings. The van der Waals surface area contributed by atoms with Crippen LogP contribution in [-0.4, -0.2) is 40.1 Å². The number of benzene rings is 2. The molecule has 126 valence electrons. The second-order valence-corrected chi connectivity index (χ2v) is 6.71. The van der Waals surface area contributed by atoms with E-state index in [-0.39, 0.29) is 0 Å². The van der Waals surface area contributed by atoms with Crippen LogP contribution < -0.4 is 0 Å². The first-order valence-corrected chi connectivity index (χ1v) is 8.60. The highest BCUT2D eigenvalue weighted by atomic mass is 15.1. The minimum atomic E-state index is 0.894. The van der Waals surface area contributed by atoms with Crippen LogP contribution in [0.1, 0.15) is 5.56 Å². The van der Waals surface area contributed by atoms with Gasteiger partial charge in [0.1, 0.15) is 5.82 Å². The van der Waals surface area contributed by atoms with E-state index >= 15 is 0 Å². The van der Waals surface area contributed by atoms with Crippen LogP contribution >= 0.6 is 0 Å². The number of para-hydroxylation sites is 2. The minimum Gasteiger partial charge on any atom is -0.323 e. The Bertz CT molecular complexity index is 1050. The lowest BCUT2D eigenvalue weighted by molar-refractivity contribution is 0.387. The number of likely N-dealkylation sites (N-methyl/N-ethyl adjacent to an activating group) is 1. The van der Waals surface area contributed by atoms with E-state index in [9.17, 15) is 0 Å². The van der Waals surface area contributed by atoms with Crippen molar-refractivity contribution in [3.8, 4) is 11.4 Å². The summed E-state index contributed by atoms with van der Waals surface area (Å²) >= 11 is 0. The molecule has 0 radical (unpaired) electrons. The van der Waals surface area contributed by atoms with Crippen molar-refractivity contribution in [2.24, 2.45) is 0 Å². The van der Waals surface area contributed by atoms with Crippen LogP contribution in [0.5, 0.6) is 0 Å². The molecular weight excluding hydrogens is 308 g/mol. The summed E-state index contributed by atoms with van der Waals surface area (Å²) in [6.07, 6.45) is 1.86. The van der Waals surface area contributed by atoms with Gasteiger partial charge in [-0.2, -0.15) is 0 Å². The van der Waals surface area contributed by atoms with E-state index in [1.165, 1.54) is 16.5 Å². The fraction of sp³-hybridized carbons (Fsp3) is 0.238. The molecule has 0 unspecified atom stereocenters. The summed E-state index contributed by atoms with van der Waals surface area (Å²) in [5, 5.41) is 1.19. The maximum atomic E-state index is 4.95. The standard InChI is InChI=1S/C21H22N4/c1-15-10-11-17(20-16(15)7-6-12-22-20)21-23-18-8-4-5-9-19(18)25(21)14-13-24(2)3/h4-12H,13-14H2,1-3H3. The van der Waals surface area contributed by atoms with E-state index in [0.29, 0.717) is 0 Å². The molecule has 0 amide bonds. The van der Waals surface area contributed by atoms with Gasteiger partial charge in [0.25, 0.3) is 0 Å². The Labute approximate surface area is 147 Å². The van der Waals surface area contributed by atoms with Gasteiger partial charge in [-0.25, -0.2) is 4.98 Å². The number of aryl methyl sites for hydroxylation is 1. The van der Waals surface area contributed by atoms with Gasteiger partial charge in [-0.15, -0.1) is 0 Å². The number of aromatic nitrogens is 3. The Morgan fingerprint density at radius 1 is 1.00 bits per heavy atom. The van der Waals surface area contributed by atoms with E-state index in [4.69, 9.17) is 4.98 Å². The predicted molar refractivity (Wildman–Crippen MR) is 104 cm³/mol. The number of imidazole rings is 1. The number of nitrogens with zero attached hydrogens (tertiary/aromatic N) is 4. The highest BCUT2D eigenvalue weighted by Gasteiger charge is 2.16. The van der Waals surface area contributed by atoms with Crippen molar-refractivity contribution >= 4 is 21.9 Å². The first-order chi connectivity index (χ1) is 12.1. The topological polar surface area (TPSA) is 34.0 Å². The zero-order chi connectivity index (χ0) is 17.4. The molecule has 0 bridgehead atoms. The smallest absolute Gasteiger partial charge is 0.143 e. The molecule has 2 aromatic carbocycles. The summed E-state index contributed by atoms with van der Waals surface area (Å²) in [7, 11) is 4.20. The molecule has 4 nitrogen and oxygen atoms in total. The molecule has 0 aliphatic heterocycles. The van der Waals surface area contributed by atoms with Crippen LogP contribution in [0.2, 0.25) is 0 Å². The fourth-order valence-electron chi connectivity index (χ4n) is 3.30. The van der Waals surface area contributed by atoms with E-state index in [2.05, 4.69) is 71.9 Å². The molecule has 2 aromatic heterocycles. The van der Waals surface area contributed by atoms with E-state index < -0.39 is 0 Å². The van der Waals surface area contributed by atoms with Crippen LogP contribution in [0.15, 0.2) is 54.7 Å². The maximum Gasteiger partial charge on any atom is 0.143 e. The van der Waals surface area contributed by atoms with Gasteiger partial charge in [0.15, 0.2) is 0 Å². The van der Waals surface area contributed by atoms with Gasteiger partial charge in [-0.05, 0) is 50.8 Å². The van der Waals surface area contributed by atoms with E-state index in [0.717, 1.165) is 35.5 Å². The molecule has 0 aliphatic carbocycles. The molecule has 0 fully saturated rings. The van der Waals surface area contributed by atoms with Gasteiger partial charge >= 0.3 is 0 Å². The first-order valence-electron chi connectivity index (χ1n) is 8.60. The Balaban J connectivity index is 1.98. The minimum absolute atomic E-state index is 0.894. The third-order valence-electron chi connectivity index (χ3n) is 4.65. The summed E-state index contributed by atoms with van der Waals surface area (Å²) in [4.78, 5) is 11.8. The normalized spacial score (nSPS) is 11.7. The van der Waals surface area contributed by atoms with E-state index in [1.54, 1.807) is 0 Å². The van der Waals surface area contributed by atoms with Crippen molar-refractivity contribution < 1.29 is 0 Å². The molecule has 2 heterocycles. The molecular formula is C21H22N4. The summed E-state index contributed by atoms with van der Waals surface area (Å²) in [6.45, 7) is 3.98. The number of hydrogen-bond acceptors (Lipinski definition) is 3. The van der Waals surface area contributed by atoms with Gasteiger partial charge in [0.2, 0.25) is 0 Å². The van der Waals surface area contributed by atoms with Crippen LogP contribution in [0, 0.1) is 6.92 Å². The summed E-state index contributed by atoms with van der Waals surface area (Å²) < 4.78 is 2.31. The van der Waals surface area contributed by atoms with Crippen LogP contribution in [0.3, 0.4) is 0 Å². The maximum absolute atomic E-state index is 4.95. The largest absolute Gasteiger partial charge is 0.323 e. The monoisotopic (exact) mass is 330 g/mol.